The number of carbonyl (C=O) groups excluding carboxylic acids is 1. The summed E-state index contributed by atoms with van der Waals surface area (Å²) >= 11 is 1.61. The zero-order chi connectivity index (χ0) is 20.6. The van der Waals surface area contributed by atoms with Crippen LogP contribution in [0.4, 0.5) is 5.82 Å². The fraction of sp³-hybridized carbons (Fsp3) is 0.476. The quantitative estimate of drug-likeness (QED) is 0.403. The fourth-order valence-electron chi connectivity index (χ4n) is 3.01. The third-order valence-electron chi connectivity index (χ3n) is 4.83. The number of carbonyl (C=O) groups is 1. The summed E-state index contributed by atoms with van der Waals surface area (Å²) in [5.74, 6) is 1.66. The van der Waals surface area contributed by atoms with Gasteiger partial charge in [0.25, 0.3) is 5.91 Å². The van der Waals surface area contributed by atoms with Gasteiger partial charge in [-0.05, 0) is 31.5 Å². The number of rotatable bonds is 8. The number of ether oxygens (including phenoxy) is 2. The summed E-state index contributed by atoms with van der Waals surface area (Å²) in [6.45, 7) is 8.29. The molecule has 3 rings (SSSR count). The van der Waals surface area contributed by atoms with Gasteiger partial charge in [0, 0.05) is 49.3 Å². The van der Waals surface area contributed by atoms with E-state index in [1.165, 1.54) is 0 Å². The Labute approximate surface area is 176 Å². The Morgan fingerprint density at radius 2 is 1.93 bits per heavy atom. The maximum absolute atomic E-state index is 12.1. The van der Waals surface area contributed by atoms with Gasteiger partial charge < -0.3 is 19.7 Å². The fourth-order valence-corrected chi connectivity index (χ4v) is 3.85. The van der Waals surface area contributed by atoms with Gasteiger partial charge in [-0.1, -0.05) is 23.9 Å². The first kappa shape index (κ1) is 21.5. The van der Waals surface area contributed by atoms with E-state index >= 15 is 0 Å². The SMILES string of the molecule is COCCNC(=O)c1ccc(CSc2nc(C)c(C)c(N3CCOCC3)n2)cc1. The molecule has 8 heteroatoms. The number of hydrogen-bond acceptors (Lipinski definition) is 7. The average Bonchev–Trinajstić information content (AvgIpc) is 2.75. The Bertz CT molecular complexity index is 823. The van der Waals surface area contributed by atoms with Crippen molar-refractivity contribution in [1.29, 1.82) is 0 Å². The standard InChI is InChI=1S/C21H28N4O3S/c1-15-16(2)23-21(24-19(15)25-9-12-28-13-10-25)29-14-17-4-6-18(7-5-17)20(26)22-8-11-27-3/h4-7H,8-14H2,1-3H3,(H,22,26). The lowest BCUT2D eigenvalue weighted by atomic mass is 10.1. The van der Waals surface area contributed by atoms with Crippen LogP contribution in [0.3, 0.4) is 0 Å². The molecule has 0 atom stereocenters. The first-order valence-electron chi connectivity index (χ1n) is 9.75. The summed E-state index contributed by atoms with van der Waals surface area (Å²) < 4.78 is 10.4. The lowest BCUT2D eigenvalue weighted by Gasteiger charge is -2.29. The zero-order valence-corrected chi connectivity index (χ0v) is 18.1. The molecular weight excluding hydrogens is 388 g/mol. The van der Waals surface area contributed by atoms with Crippen molar-refractivity contribution in [2.75, 3.05) is 51.5 Å². The van der Waals surface area contributed by atoms with Crippen LogP contribution in [0, 0.1) is 13.8 Å². The van der Waals surface area contributed by atoms with Crippen LogP contribution in [-0.2, 0) is 15.2 Å². The highest BCUT2D eigenvalue weighted by molar-refractivity contribution is 7.98. The molecule has 0 spiro atoms. The second-order valence-electron chi connectivity index (χ2n) is 6.87. The zero-order valence-electron chi connectivity index (χ0n) is 17.2. The van der Waals surface area contributed by atoms with E-state index in [0.717, 1.165) is 59.9 Å². The normalized spacial score (nSPS) is 14.1. The highest BCUT2D eigenvalue weighted by atomic mass is 32.2. The predicted molar refractivity (Wildman–Crippen MR) is 115 cm³/mol. The maximum atomic E-state index is 12.1. The van der Waals surface area contributed by atoms with Gasteiger partial charge in [-0.25, -0.2) is 9.97 Å². The van der Waals surface area contributed by atoms with Crippen LogP contribution in [0.1, 0.15) is 27.2 Å². The summed E-state index contributed by atoms with van der Waals surface area (Å²) in [5.41, 5.74) is 3.90. The number of nitrogens with one attached hydrogen (secondary N) is 1. The van der Waals surface area contributed by atoms with Crippen LogP contribution in [0.15, 0.2) is 29.4 Å². The van der Waals surface area contributed by atoms with Crippen LogP contribution in [0.2, 0.25) is 0 Å². The molecule has 2 heterocycles. The molecule has 0 saturated carbocycles. The number of thioether (sulfide) groups is 1. The number of morpholine rings is 1. The van der Waals surface area contributed by atoms with Gasteiger partial charge in [-0.3, -0.25) is 4.79 Å². The number of amides is 1. The molecule has 1 aromatic carbocycles. The number of hydrogen-bond donors (Lipinski definition) is 1. The van der Waals surface area contributed by atoms with Crippen molar-refractivity contribution in [2.24, 2.45) is 0 Å². The molecule has 7 nitrogen and oxygen atoms in total. The number of anilines is 1. The Hall–Kier alpha value is -2.16. The van der Waals surface area contributed by atoms with Gasteiger partial charge in [0.05, 0.1) is 19.8 Å². The maximum Gasteiger partial charge on any atom is 0.251 e. The number of aryl methyl sites for hydroxylation is 1. The highest BCUT2D eigenvalue weighted by Crippen LogP contribution is 2.26. The Morgan fingerprint density at radius 3 is 2.62 bits per heavy atom. The van der Waals surface area contributed by atoms with E-state index in [1.807, 2.05) is 31.2 Å². The van der Waals surface area contributed by atoms with Gasteiger partial charge in [0.15, 0.2) is 5.16 Å². The van der Waals surface area contributed by atoms with Crippen molar-refractivity contribution in [3.05, 3.63) is 46.6 Å². The van der Waals surface area contributed by atoms with Gasteiger partial charge in [-0.15, -0.1) is 0 Å². The van der Waals surface area contributed by atoms with Crippen molar-refractivity contribution in [2.45, 2.75) is 24.8 Å². The van der Waals surface area contributed by atoms with E-state index in [2.05, 4.69) is 22.1 Å². The molecule has 0 unspecified atom stereocenters. The summed E-state index contributed by atoms with van der Waals surface area (Å²) in [6.07, 6.45) is 0. The second kappa shape index (κ2) is 10.6. The lowest BCUT2D eigenvalue weighted by molar-refractivity contribution is 0.0937. The van der Waals surface area contributed by atoms with Crippen LogP contribution >= 0.6 is 11.8 Å². The third-order valence-corrected chi connectivity index (χ3v) is 5.75. The summed E-state index contributed by atoms with van der Waals surface area (Å²) in [6, 6.07) is 7.64. The Kier molecular flexibility index (Phi) is 7.85. The number of benzene rings is 1. The van der Waals surface area contributed by atoms with Crippen LogP contribution < -0.4 is 10.2 Å². The molecule has 1 aliphatic heterocycles. The van der Waals surface area contributed by atoms with E-state index in [9.17, 15) is 4.79 Å². The second-order valence-corrected chi connectivity index (χ2v) is 7.82. The highest BCUT2D eigenvalue weighted by Gasteiger charge is 2.18. The van der Waals surface area contributed by atoms with Gasteiger partial charge >= 0.3 is 0 Å². The molecule has 1 saturated heterocycles. The molecule has 1 aliphatic rings. The van der Waals surface area contributed by atoms with Gasteiger partial charge in [0.1, 0.15) is 5.82 Å². The molecule has 0 aliphatic carbocycles. The largest absolute Gasteiger partial charge is 0.383 e. The van der Waals surface area contributed by atoms with Crippen LogP contribution in [-0.4, -0.2) is 62.4 Å². The molecule has 2 aromatic rings. The van der Waals surface area contributed by atoms with E-state index in [4.69, 9.17) is 14.5 Å². The van der Waals surface area contributed by atoms with E-state index < -0.39 is 0 Å². The molecule has 0 radical (unpaired) electrons. The van der Waals surface area contributed by atoms with Crippen molar-refractivity contribution >= 4 is 23.5 Å². The van der Waals surface area contributed by atoms with Gasteiger partial charge in [-0.2, -0.15) is 0 Å². The average molecular weight is 417 g/mol. The van der Waals surface area contributed by atoms with Crippen LogP contribution in [0.5, 0.6) is 0 Å². The van der Waals surface area contributed by atoms with Crippen molar-refractivity contribution in [1.82, 2.24) is 15.3 Å². The monoisotopic (exact) mass is 416 g/mol. The first-order chi connectivity index (χ1) is 14.1. The molecule has 29 heavy (non-hydrogen) atoms. The van der Waals surface area contributed by atoms with Crippen molar-refractivity contribution < 1.29 is 14.3 Å². The number of aromatic nitrogens is 2. The van der Waals surface area contributed by atoms with Crippen molar-refractivity contribution in [3.63, 3.8) is 0 Å². The first-order valence-corrected chi connectivity index (χ1v) is 10.7. The lowest BCUT2D eigenvalue weighted by Crippen LogP contribution is -2.37. The molecule has 1 fully saturated rings. The summed E-state index contributed by atoms with van der Waals surface area (Å²) in [5, 5.41) is 3.60. The Morgan fingerprint density at radius 1 is 1.21 bits per heavy atom. The van der Waals surface area contributed by atoms with Crippen LogP contribution in [0.25, 0.3) is 0 Å². The van der Waals surface area contributed by atoms with E-state index in [-0.39, 0.29) is 5.91 Å². The number of nitrogens with zero attached hydrogens (tertiary/aromatic N) is 3. The molecule has 1 aromatic heterocycles. The molecule has 156 valence electrons. The summed E-state index contributed by atoms with van der Waals surface area (Å²) in [4.78, 5) is 23.8. The smallest absolute Gasteiger partial charge is 0.251 e. The topological polar surface area (TPSA) is 76.6 Å². The Balaban J connectivity index is 1.62. The predicted octanol–water partition coefficient (Wildman–Crippen LogP) is 2.60. The summed E-state index contributed by atoms with van der Waals surface area (Å²) in [7, 11) is 1.61. The molecule has 1 N–H and O–H groups in total. The molecular formula is C21H28N4O3S. The van der Waals surface area contributed by atoms with Gasteiger partial charge in [0.2, 0.25) is 0 Å². The number of methoxy groups -OCH3 is 1. The minimum atomic E-state index is -0.0890. The molecule has 0 bridgehead atoms. The molecule has 1 amide bonds. The van der Waals surface area contributed by atoms with Crippen molar-refractivity contribution in [3.8, 4) is 0 Å². The van der Waals surface area contributed by atoms with E-state index in [0.29, 0.717) is 18.7 Å². The minimum Gasteiger partial charge on any atom is -0.383 e. The third kappa shape index (κ3) is 5.91. The minimum absolute atomic E-state index is 0.0890. The van der Waals surface area contributed by atoms with E-state index in [1.54, 1.807) is 18.9 Å².